The Labute approximate surface area is 305 Å². The van der Waals surface area contributed by atoms with Gasteiger partial charge in [-0.3, -0.25) is 4.98 Å². The van der Waals surface area contributed by atoms with Crippen LogP contribution in [0.3, 0.4) is 0 Å². The van der Waals surface area contributed by atoms with Gasteiger partial charge in [0.25, 0.3) is 0 Å². The molecule has 0 N–H and O–H groups in total. The number of nitrogens with zero attached hydrogens (tertiary/aromatic N) is 5. The molecule has 4 heterocycles. The molecule has 0 bridgehead atoms. The molecule has 7 heteroatoms. The summed E-state index contributed by atoms with van der Waals surface area (Å²) in [5, 5.41) is 4.63. The van der Waals surface area contributed by atoms with Crippen LogP contribution in [0.25, 0.3) is 38.4 Å². The normalized spacial score (nSPS) is 12.8. The summed E-state index contributed by atoms with van der Waals surface area (Å²) in [5.41, 5.74) is 7.12. The van der Waals surface area contributed by atoms with Crippen LogP contribution in [0.1, 0.15) is 26.3 Å². The van der Waals surface area contributed by atoms with Gasteiger partial charge in [0, 0.05) is 61.8 Å². The zero-order valence-electron chi connectivity index (χ0n) is 27.7. The Morgan fingerprint density at radius 2 is 1.50 bits per heavy atom. The van der Waals surface area contributed by atoms with Crippen LogP contribution in [-0.4, -0.2) is 14.5 Å². The van der Waals surface area contributed by atoms with Gasteiger partial charge in [-0.15, -0.1) is 48.1 Å². The summed E-state index contributed by atoms with van der Waals surface area (Å²) >= 11 is 0. The smallest absolute Gasteiger partial charge is 0.135 e. The van der Waals surface area contributed by atoms with Crippen LogP contribution >= 0.6 is 0 Å². The topological polar surface area (TPSA) is 46.4 Å². The van der Waals surface area contributed by atoms with E-state index in [2.05, 4.69) is 144 Å². The van der Waals surface area contributed by atoms with Gasteiger partial charge in [0.2, 0.25) is 0 Å². The van der Waals surface area contributed by atoms with E-state index in [1.165, 1.54) is 16.3 Å². The molecular formula is C43H32N5OPt-3. The van der Waals surface area contributed by atoms with E-state index < -0.39 is 0 Å². The fourth-order valence-electron chi connectivity index (χ4n) is 6.67. The SMILES string of the molecule is CC(C)(C)c1ccnc(-n2c3[c-]c(Oc4[c-]c(N5[CH-]N(c6ccc7ccccc7c6)c6cnccc65)ccc4)ccc3c3ccccc32)c1.[Pt]. The maximum atomic E-state index is 6.49. The molecule has 0 atom stereocenters. The van der Waals surface area contributed by atoms with Crippen molar-refractivity contribution in [2.24, 2.45) is 0 Å². The van der Waals surface area contributed by atoms with Crippen molar-refractivity contribution in [2.75, 3.05) is 9.80 Å². The van der Waals surface area contributed by atoms with Crippen LogP contribution in [0.4, 0.5) is 22.7 Å². The van der Waals surface area contributed by atoms with Gasteiger partial charge in [0.05, 0.1) is 11.9 Å². The molecule has 0 spiro atoms. The van der Waals surface area contributed by atoms with Gasteiger partial charge >= 0.3 is 0 Å². The minimum absolute atomic E-state index is 0. The van der Waals surface area contributed by atoms with Crippen molar-refractivity contribution < 1.29 is 25.8 Å². The average molecular weight is 830 g/mol. The summed E-state index contributed by atoms with van der Waals surface area (Å²) < 4.78 is 8.67. The van der Waals surface area contributed by atoms with Crippen LogP contribution < -0.4 is 14.5 Å². The molecule has 0 saturated carbocycles. The van der Waals surface area contributed by atoms with E-state index >= 15 is 0 Å². The second-order valence-electron chi connectivity index (χ2n) is 13.3. The maximum Gasteiger partial charge on any atom is 0.135 e. The monoisotopic (exact) mass is 829 g/mol. The minimum atomic E-state index is -0.00834. The number of rotatable bonds is 5. The van der Waals surface area contributed by atoms with Gasteiger partial charge in [0.15, 0.2) is 0 Å². The first-order valence-corrected chi connectivity index (χ1v) is 16.4. The number of fused-ring (bicyclic) bond motifs is 5. The molecule has 5 aromatic carbocycles. The predicted octanol–water partition coefficient (Wildman–Crippen LogP) is 10.8. The van der Waals surface area contributed by atoms with Crippen LogP contribution in [0, 0.1) is 18.8 Å². The number of para-hydroxylation sites is 1. The Kier molecular flexibility index (Phi) is 7.92. The molecule has 0 fully saturated rings. The third-order valence-corrected chi connectivity index (χ3v) is 9.17. The molecule has 0 aliphatic carbocycles. The van der Waals surface area contributed by atoms with Gasteiger partial charge in [-0.05, 0) is 63.5 Å². The molecule has 0 radical (unpaired) electrons. The molecule has 3 aromatic heterocycles. The maximum absolute atomic E-state index is 6.49. The molecule has 0 amide bonds. The molecular weight excluding hydrogens is 798 g/mol. The van der Waals surface area contributed by atoms with Gasteiger partial charge in [-0.25, -0.2) is 4.98 Å². The average Bonchev–Trinajstić information content (AvgIpc) is 3.67. The van der Waals surface area contributed by atoms with Crippen molar-refractivity contribution in [3.8, 4) is 17.3 Å². The third-order valence-electron chi connectivity index (χ3n) is 9.17. The van der Waals surface area contributed by atoms with E-state index in [0.717, 1.165) is 50.4 Å². The van der Waals surface area contributed by atoms with Crippen LogP contribution in [-0.2, 0) is 26.5 Å². The van der Waals surface area contributed by atoms with Gasteiger partial charge < -0.3 is 19.1 Å². The first kappa shape index (κ1) is 31.8. The number of pyridine rings is 2. The van der Waals surface area contributed by atoms with Crippen molar-refractivity contribution in [1.29, 1.82) is 0 Å². The molecule has 9 rings (SSSR count). The third kappa shape index (κ3) is 5.50. The Morgan fingerprint density at radius 3 is 2.38 bits per heavy atom. The molecule has 1 aliphatic heterocycles. The number of aromatic nitrogens is 3. The first-order valence-electron chi connectivity index (χ1n) is 16.4. The van der Waals surface area contributed by atoms with Crippen molar-refractivity contribution >= 4 is 55.3 Å². The fourth-order valence-corrected chi connectivity index (χ4v) is 6.67. The molecule has 50 heavy (non-hydrogen) atoms. The summed E-state index contributed by atoms with van der Waals surface area (Å²) in [6.07, 6.45) is 5.61. The molecule has 8 aromatic rings. The number of ether oxygens (including phenoxy) is 1. The quantitative estimate of drug-likeness (QED) is 0.162. The zero-order valence-corrected chi connectivity index (χ0v) is 30.0. The van der Waals surface area contributed by atoms with Crippen molar-refractivity contribution in [2.45, 2.75) is 26.2 Å². The molecule has 248 valence electrons. The summed E-state index contributed by atoms with van der Waals surface area (Å²) in [6.45, 7) is 8.74. The fraction of sp³-hybridized carbons (Fsp3) is 0.0930. The Morgan fingerprint density at radius 1 is 0.680 bits per heavy atom. The van der Waals surface area contributed by atoms with Gasteiger partial charge in [-0.1, -0.05) is 74.8 Å². The van der Waals surface area contributed by atoms with E-state index in [0.29, 0.717) is 11.5 Å². The molecule has 1 aliphatic rings. The number of hydrogen-bond acceptors (Lipinski definition) is 5. The van der Waals surface area contributed by atoms with Gasteiger partial charge in [-0.2, -0.15) is 12.1 Å². The summed E-state index contributed by atoms with van der Waals surface area (Å²) in [5.74, 6) is 2.05. The van der Waals surface area contributed by atoms with E-state index in [-0.39, 0.29) is 26.5 Å². The Balaban J connectivity index is 0.00000361. The van der Waals surface area contributed by atoms with Crippen LogP contribution in [0.15, 0.2) is 134 Å². The molecule has 0 saturated heterocycles. The summed E-state index contributed by atoms with van der Waals surface area (Å²) in [7, 11) is 0. The second kappa shape index (κ2) is 12.5. The van der Waals surface area contributed by atoms with Crippen molar-refractivity contribution in [1.82, 2.24) is 14.5 Å². The summed E-state index contributed by atoms with van der Waals surface area (Å²) in [6, 6.07) is 46.7. The van der Waals surface area contributed by atoms with E-state index in [4.69, 9.17) is 9.72 Å². The second-order valence-corrected chi connectivity index (χ2v) is 13.3. The first-order chi connectivity index (χ1) is 23.9. The Bertz CT molecular complexity index is 2530. The molecule has 0 unspecified atom stereocenters. The van der Waals surface area contributed by atoms with Gasteiger partial charge in [0.1, 0.15) is 5.82 Å². The van der Waals surface area contributed by atoms with Crippen molar-refractivity contribution in [3.63, 3.8) is 0 Å². The largest absolute Gasteiger partial charge is 0.509 e. The summed E-state index contributed by atoms with van der Waals surface area (Å²) in [4.78, 5) is 13.5. The van der Waals surface area contributed by atoms with Crippen LogP contribution in [0.2, 0.25) is 0 Å². The van der Waals surface area contributed by atoms with Crippen molar-refractivity contribution in [3.05, 3.63) is 158 Å². The predicted molar refractivity (Wildman–Crippen MR) is 198 cm³/mol. The minimum Gasteiger partial charge on any atom is -0.509 e. The zero-order chi connectivity index (χ0) is 33.1. The Hall–Kier alpha value is -5.45. The van der Waals surface area contributed by atoms with E-state index in [1.807, 2.05) is 48.9 Å². The van der Waals surface area contributed by atoms with E-state index in [1.54, 1.807) is 0 Å². The van der Waals surface area contributed by atoms with Crippen LogP contribution in [0.5, 0.6) is 11.5 Å². The number of anilines is 4. The number of benzene rings is 5. The standard InChI is InChI=1S/C43H32N5O.Pt/c1-43(2,3)31-19-22-45-42(24-31)48-38-14-7-6-13-36(38)37-18-17-35(26-40(37)48)49-34-12-8-11-32(25-34)46-28-47(41-27-44-21-20-39(41)46)33-16-15-29-9-4-5-10-30(29)23-33;/h4-24,27-28H,1-3H3;/q-3;. The van der Waals surface area contributed by atoms with E-state index in [9.17, 15) is 0 Å². The number of hydrogen-bond donors (Lipinski definition) is 0. The molecule has 6 nitrogen and oxygen atoms in total.